The highest BCUT2D eigenvalue weighted by Gasteiger charge is 2.35. The Hall–Kier alpha value is -3.22. The number of hydrogen-bond donors (Lipinski definition) is 0. The van der Waals surface area contributed by atoms with Gasteiger partial charge in [0.25, 0.3) is 0 Å². The van der Waals surface area contributed by atoms with Crippen LogP contribution >= 0.6 is 0 Å². The topological polar surface area (TPSA) is 68.5 Å². The Morgan fingerprint density at radius 3 is 2.66 bits per heavy atom. The minimum atomic E-state index is -0.289. The van der Waals surface area contributed by atoms with Crippen LogP contribution in [0, 0.1) is 12.7 Å². The second-order valence-corrected chi connectivity index (χ2v) is 7.49. The average molecular weight is 395 g/mol. The maximum atomic E-state index is 13.5. The number of amides is 1. The van der Waals surface area contributed by atoms with E-state index >= 15 is 0 Å². The highest BCUT2D eigenvalue weighted by atomic mass is 19.1. The van der Waals surface area contributed by atoms with E-state index in [1.165, 1.54) is 6.07 Å². The number of ether oxygens (including phenoxy) is 1. The fourth-order valence-electron chi connectivity index (χ4n) is 3.39. The Balaban J connectivity index is 1.49. The van der Waals surface area contributed by atoms with Gasteiger partial charge in [-0.1, -0.05) is 5.16 Å². The third-order valence-corrected chi connectivity index (χ3v) is 4.85. The lowest BCUT2D eigenvalue weighted by molar-refractivity contribution is -0.117. The maximum absolute atomic E-state index is 13.5. The van der Waals surface area contributed by atoms with Crippen LogP contribution in [0.1, 0.15) is 37.6 Å². The molecule has 1 aromatic heterocycles. The second-order valence-electron chi connectivity index (χ2n) is 7.49. The Bertz CT molecular complexity index is 1030. The highest BCUT2D eigenvalue weighted by molar-refractivity contribution is 5.96. The summed E-state index contributed by atoms with van der Waals surface area (Å²) in [5.41, 5.74) is 1.99. The number of carbonyl (C=O) groups excluding carboxylic acids is 1. The molecule has 4 rings (SSSR count). The number of aryl methyl sites for hydroxylation is 1. The number of aromatic nitrogens is 2. The van der Waals surface area contributed by atoms with Crippen LogP contribution in [-0.2, 0) is 4.79 Å². The number of halogens is 1. The van der Waals surface area contributed by atoms with Crippen molar-refractivity contribution in [3.8, 4) is 17.1 Å². The fourth-order valence-corrected chi connectivity index (χ4v) is 3.39. The molecule has 0 radical (unpaired) electrons. The summed E-state index contributed by atoms with van der Waals surface area (Å²) in [6, 6.07) is 12.1. The van der Waals surface area contributed by atoms with E-state index < -0.39 is 0 Å². The largest absolute Gasteiger partial charge is 0.491 e. The van der Waals surface area contributed by atoms with E-state index in [4.69, 9.17) is 9.26 Å². The molecule has 0 spiro atoms. The summed E-state index contributed by atoms with van der Waals surface area (Å²) in [5, 5.41) is 4.06. The summed E-state index contributed by atoms with van der Waals surface area (Å²) < 4.78 is 24.6. The lowest BCUT2D eigenvalue weighted by Crippen LogP contribution is -2.24. The third-order valence-electron chi connectivity index (χ3n) is 4.85. The zero-order valence-electron chi connectivity index (χ0n) is 16.6. The zero-order valence-corrected chi connectivity index (χ0v) is 16.6. The summed E-state index contributed by atoms with van der Waals surface area (Å²) in [7, 11) is 0. The van der Waals surface area contributed by atoms with Crippen LogP contribution in [-0.4, -0.2) is 28.7 Å². The average Bonchev–Trinajstić information content (AvgIpc) is 3.31. The van der Waals surface area contributed by atoms with Crippen LogP contribution in [0.25, 0.3) is 11.4 Å². The van der Waals surface area contributed by atoms with Gasteiger partial charge in [-0.15, -0.1) is 0 Å². The molecule has 0 saturated carbocycles. The minimum absolute atomic E-state index is 0.0454. The zero-order chi connectivity index (χ0) is 20.5. The molecule has 1 unspecified atom stereocenters. The monoisotopic (exact) mass is 395 g/mol. The van der Waals surface area contributed by atoms with Gasteiger partial charge in [-0.3, -0.25) is 4.79 Å². The maximum Gasteiger partial charge on any atom is 0.232 e. The SMILES string of the molecule is Cc1cc(N2CC(c3nc(-c4ccc(OC(C)C)cc4)no3)CC2=O)ccc1F. The molecule has 3 aromatic rings. The predicted octanol–water partition coefficient (Wildman–Crippen LogP) is 4.49. The van der Waals surface area contributed by atoms with E-state index in [0.29, 0.717) is 29.5 Å². The second kappa shape index (κ2) is 7.66. The smallest absolute Gasteiger partial charge is 0.232 e. The molecule has 0 N–H and O–H groups in total. The molecule has 0 aliphatic carbocycles. The molecular weight excluding hydrogens is 373 g/mol. The van der Waals surface area contributed by atoms with Crippen molar-refractivity contribution in [3.63, 3.8) is 0 Å². The number of rotatable bonds is 5. The first-order chi connectivity index (χ1) is 13.9. The molecule has 2 heterocycles. The summed E-state index contributed by atoms with van der Waals surface area (Å²) in [5.74, 6) is 1.15. The molecule has 6 nitrogen and oxygen atoms in total. The van der Waals surface area contributed by atoms with Gasteiger partial charge >= 0.3 is 0 Å². The Labute approximate surface area is 168 Å². The van der Waals surface area contributed by atoms with E-state index in [0.717, 1.165) is 11.3 Å². The van der Waals surface area contributed by atoms with Crippen molar-refractivity contribution in [2.24, 2.45) is 0 Å². The van der Waals surface area contributed by atoms with Gasteiger partial charge in [0, 0.05) is 24.2 Å². The van der Waals surface area contributed by atoms with Crippen LogP contribution in [0.5, 0.6) is 5.75 Å². The number of nitrogens with zero attached hydrogens (tertiary/aromatic N) is 3. The van der Waals surface area contributed by atoms with Crippen LogP contribution in [0.4, 0.5) is 10.1 Å². The first kappa shape index (κ1) is 19.1. The summed E-state index contributed by atoms with van der Waals surface area (Å²) in [6.45, 7) is 6.04. The first-order valence-corrected chi connectivity index (χ1v) is 9.58. The van der Waals surface area contributed by atoms with E-state index in [9.17, 15) is 9.18 Å². The van der Waals surface area contributed by atoms with Gasteiger partial charge in [-0.05, 0) is 68.8 Å². The van der Waals surface area contributed by atoms with Crippen molar-refractivity contribution in [2.45, 2.75) is 39.2 Å². The molecule has 1 atom stereocenters. The van der Waals surface area contributed by atoms with Gasteiger partial charge in [-0.2, -0.15) is 4.98 Å². The van der Waals surface area contributed by atoms with Gasteiger partial charge in [0.05, 0.1) is 12.0 Å². The van der Waals surface area contributed by atoms with Gasteiger partial charge < -0.3 is 14.2 Å². The number of benzene rings is 2. The molecule has 1 amide bonds. The van der Waals surface area contributed by atoms with Gasteiger partial charge in [-0.25, -0.2) is 4.39 Å². The van der Waals surface area contributed by atoms with E-state index in [1.54, 1.807) is 24.0 Å². The van der Waals surface area contributed by atoms with Crippen molar-refractivity contribution in [2.75, 3.05) is 11.4 Å². The lowest BCUT2D eigenvalue weighted by Gasteiger charge is -2.16. The molecule has 0 bridgehead atoms. The van der Waals surface area contributed by atoms with Crippen molar-refractivity contribution >= 4 is 11.6 Å². The standard InChI is InChI=1S/C22H22FN3O3/c1-13(2)28-18-7-4-15(5-8-18)21-24-22(29-25-21)16-11-20(27)26(12-16)17-6-9-19(23)14(3)10-17/h4-10,13,16H,11-12H2,1-3H3. The predicted molar refractivity (Wildman–Crippen MR) is 106 cm³/mol. The number of anilines is 1. The summed E-state index contributed by atoms with van der Waals surface area (Å²) in [6.07, 6.45) is 0.379. The first-order valence-electron chi connectivity index (χ1n) is 9.58. The van der Waals surface area contributed by atoms with E-state index in [-0.39, 0.29) is 30.2 Å². The van der Waals surface area contributed by atoms with Crippen LogP contribution in [0.15, 0.2) is 47.0 Å². The van der Waals surface area contributed by atoms with Gasteiger partial charge in [0.1, 0.15) is 11.6 Å². The van der Waals surface area contributed by atoms with Gasteiger partial charge in [0.2, 0.25) is 17.6 Å². The number of hydrogen-bond acceptors (Lipinski definition) is 5. The third kappa shape index (κ3) is 3.99. The normalized spacial score (nSPS) is 16.7. The quantitative estimate of drug-likeness (QED) is 0.637. The van der Waals surface area contributed by atoms with E-state index in [1.807, 2.05) is 38.1 Å². The molecule has 1 saturated heterocycles. The van der Waals surface area contributed by atoms with Crippen molar-refractivity contribution in [1.29, 1.82) is 0 Å². The summed E-state index contributed by atoms with van der Waals surface area (Å²) >= 11 is 0. The minimum Gasteiger partial charge on any atom is -0.491 e. The van der Waals surface area contributed by atoms with E-state index in [2.05, 4.69) is 10.1 Å². The molecule has 29 heavy (non-hydrogen) atoms. The Kier molecular flexibility index (Phi) is 5.05. The molecule has 1 aliphatic heterocycles. The Morgan fingerprint density at radius 1 is 1.21 bits per heavy atom. The van der Waals surface area contributed by atoms with Crippen LogP contribution in [0.2, 0.25) is 0 Å². The molecule has 2 aromatic carbocycles. The molecule has 150 valence electrons. The van der Waals surface area contributed by atoms with Gasteiger partial charge in [0.15, 0.2) is 0 Å². The summed E-state index contributed by atoms with van der Waals surface area (Å²) in [4.78, 5) is 18.6. The van der Waals surface area contributed by atoms with Crippen LogP contribution in [0.3, 0.4) is 0 Å². The molecular formula is C22H22FN3O3. The molecule has 1 fully saturated rings. The molecule has 1 aliphatic rings. The van der Waals surface area contributed by atoms with Crippen LogP contribution < -0.4 is 9.64 Å². The molecule has 7 heteroatoms. The fraction of sp³-hybridized carbons (Fsp3) is 0.318. The highest BCUT2D eigenvalue weighted by Crippen LogP contribution is 2.32. The number of carbonyl (C=O) groups is 1. The van der Waals surface area contributed by atoms with Crippen molar-refractivity contribution < 1.29 is 18.4 Å². The Morgan fingerprint density at radius 2 is 1.97 bits per heavy atom. The lowest BCUT2D eigenvalue weighted by atomic mass is 10.1. The van der Waals surface area contributed by atoms with Crippen molar-refractivity contribution in [3.05, 3.63) is 59.7 Å². The van der Waals surface area contributed by atoms with Crippen molar-refractivity contribution in [1.82, 2.24) is 10.1 Å².